The van der Waals surface area contributed by atoms with Crippen molar-refractivity contribution in [3.8, 4) is 11.8 Å². The van der Waals surface area contributed by atoms with Crippen molar-refractivity contribution in [2.45, 2.75) is 13.0 Å². The molecule has 86 valence electrons. The largest absolute Gasteiger partial charge is 0.368 e. The molecule has 1 aromatic rings. The molecule has 2 rings (SSSR count). The molecule has 0 bridgehead atoms. The quantitative estimate of drug-likeness (QED) is 0.668. The Morgan fingerprint density at radius 3 is 3.19 bits per heavy atom. The minimum absolute atomic E-state index is 0.0138. The van der Waals surface area contributed by atoms with E-state index < -0.39 is 0 Å². The zero-order valence-electron chi connectivity index (χ0n) is 9.68. The fourth-order valence-electron chi connectivity index (χ4n) is 1.78. The molecular formula is C11H16N4O. The Morgan fingerprint density at radius 1 is 1.62 bits per heavy atom. The van der Waals surface area contributed by atoms with Crippen LogP contribution < -0.4 is 0 Å². The average Bonchev–Trinajstić information content (AvgIpc) is 2.73. The Bertz CT molecular complexity index is 404. The first kappa shape index (κ1) is 11.1. The summed E-state index contributed by atoms with van der Waals surface area (Å²) in [6.45, 7) is 5.15. The molecule has 5 heteroatoms. The van der Waals surface area contributed by atoms with Gasteiger partial charge in [-0.15, -0.1) is 16.1 Å². The summed E-state index contributed by atoms with van der Waals surface area (Å²) in [5.41, 5.74) is 0. The summed E-state index contributed by atoms with van der Waals surface area (Å²) in [5.74, 6) is 6.87. The molecule has 0 spiro atoms. The zero-order valence-corrected chi connectivity index (χ0v) is 9.68. The number of hydrogen-bond donors (Lipinski definition) is 0. The molecule has 1 aromatic heterocycles. The van der Waals surface area contributed by atoms with Crippen LogP contribution in [0.2, 0.25) is 0 Å². The normalized spacial score (nSPS) is 21.5. The van der Waals surface area contributed by atoms with Crippen molar-refractivity contribution in [2.24, 2.45) is 7.05 Å². The molecule has 1 aliphatic rings. The summed E-state index contributed by atoms with van der Waals surface area (Å²) in [7, 11) is 1.93. The van der Waals surface area contributed by atoms with Gasteiger partial charge in [0.2, 0.25) is 0 Å². The Balaban J connectivity index is 2.01. The van der Waals surface area contributed by atoms with Gasteiger partial charge in [-0.2, -0.15) is 0 Å². The van der Waals surface area contributed by atoms with Crippen molar-refractivity contribution >= 4 is 0 Å². The lowest BCUT2D eigenvalue weighted by Crippen LogP contribution is -2.39. The molecule has 1 aliphatic heterocycles. The standard InChI is InChI=1S/C11H16N4O/c1-3-4-5-15-6-7-16-10(8-15)11-13-12-9-14(11)2/h9-10H,5-8H2,1-2H3/t10-/m1/s1. The van der Waals surface area contributed by atoms with Gasteiger partial charge in [-0.25, -0.2) is 0 Å². The van der Waals surface area contributed by atoms with Crippen LogP contribution in [0.3, 0.4) is 0 Å². The molecular weight excluding hydrogens is 204 g/mol. The van der Waals surface area contributed by atoms with Gasteiger partial charge in [0.25, 0.3) is 0 Å². The van der Waals surface area contributed by atoms with Crippen LogP contribution in [0.1, 0.15) is 18.9 Å². The van der Waals surface area contributed by atoms with E-state index in [9.17, 15) is 0 Å². The van der Waals surface area contributed by atoms with E-state index >= 15 is 0 Å². The van der Waals surface area contributed by atoms with E-state index in [0.717, 1.165) is 32.1 Å². The predicted octanol–water partition coefficient (Wildman–Crippen LogP) is 0.212. The van der Waals surface area contributed by atoms with E-state index in [4.69, 9.17) is 4.74 Å². The Labute approximate surface area is 95.4 Å². The second-order valence-corrected chi connectivity index (χ2v) is 3.82. The number of ether oxygens (including phenoxy) is 1. The second kappa shape index (κ2) is 5.10. The topological polar surface area (TPSA) is 43.2 Å². The fraction of sp³-hybridized carbons (Fsp3) is 0.636. The van der Waals surface area contributed by atoms with Gasteiger partial charge in [0.1, 0.15) is 12.4 Å². The lowest BCUT2D eigenvalue weighted by atomic mass is 10.2. The third kappa shape index (κ3) is 2.40. The molecule has 0 N–H and O–H groups in total. The molecule has 0 aromatic carbocycles. The average molecular weight is 220 g/mol. The van der Waals surface area contributed by atoms with Gasteiger partial charge in [0.15, 0.2) is 5.82 Å². The summed E-state index contributed by atoms with van der Waals surface area (Å²) in [6.07, 6.45) is 1.71. The van der Waals surface area contributed by atoms with E-state index in [1.165, 1.54) is 0 Å². The summed E-state index contributed by atoms with van der Waals surface area (Å²) in [6, 6.07) is 0. The van der Waals surface area contributed by atoms with E-state index in [0.29, 0.717) is 0 Å². The van der Waals surface area contributed by atoms with Crippen molar-refractivity contribution in [2.75, 3.05) is 26.2 Å². The summed E-state index contributed by atoms with van der Waals surface area (Å²) in [5, 5.41) is 7.95. The molecule has 0 unspecified atom stereocenters. The smallest absolute Gasteiger partial charge is 0.163 e. The Morgan fingerprint density at radius 2 is 2.50 bits per heavy atom. The fourth-order valence-corrected chi connectivity index (χ4v) is 1.78. The highest BCUT2D eigenvalue weighted by Crippen LogP contribution is 2.19. The molecule has 16 heavy (non-hydrogen) atoms. The molecule has 0 saturated carbocycles. The molecule has 1 atom stereocenters. The maximum atomic E-state index is 5.70. The third-order valence-electron chi connectivity index (χ3n) is 2.66. The van der Waals surface area contributed by atoms with Crippen molar-refractivity contribution in [3.05, 3.63) is 12.2 Å². The van der Waals surface area contributed by atoms with E-state index in [2.05, 4.69) is 26.9 Å². The highest BCUT2D eigenvalue weighted by Gasteiger charge is 2.24. The maximum absolute atomic E-state index is 5.70. The molecule has 5 nitrogen and oxygen atoms in total. The third-order valence-corrected chi connectivity index (χ3v) is 2.66. The van der Waals surface area contributed by atoms with Crippen molar-refractivity contribution < 1.29 is 4.74 Å². The van der Waals surface area contributed by atoms with E-state index in [-0.39, 0.29) is 6.10 Å². The summed E-state index contributed by atoms with van der Waals surface area (Å²) >= 11 is 0. The molecule has 0 radical (unpaired) electrons. The lowest BCUT2D eigenvalue weighted by Gasteiger charge is -2.30. The Kier molecular flexibility index (Phi) is 3.54. The molecule has 0 amide bonds. The summed E-state index contributed by atoms with van der Waals surface area (Å²) < 4.78 is 7.60. The minimum Gasteiger partial charge on any atom is -0.368 e. The zero-order chi connectivity index (χ0) is 11.4. The van der Waals surface area contributed by atoms with Crippen molar-refractivity contribution in [1.29, 1.82) is 0 Å². The highest BCUT2D eigenvalue weighted by molar-refractivity contribution is 5.00. The molecule has 2 heterocycles. The summed E-state index contributed by atoms with van der Waals surface area (Å²) in [4.78, 5) is 2.28. The number of rotatable bonds is 2. The number of hydrogen-bond acceptors (Lipinski definition) is 4. The first-order valence-corrected chi connectivity index (χ1v) is 5.38. The van der Waals surface area contributed by atoms with Crippen LogP contribution in [-0.2, 0) is 11.8 Å². The van der Waals surface area contributed by atoms with Gasteiger partial charge in [-0.05, 0) is 6.92 Å². The van der Waals surface area contributed by atoms with Crippen molar-refractivity contribution in [3.63, 3.8) is 0 Å². The first-order chi connectivity index (χ1) is 7.81. The number of nitrogens with zero attached hydrogens (tertiary/aromatic N) is 4. The second-order valence-electron chi connectivity index (χ2n) is 3.82. The lowest BCUT2D eigenvalue weighted by molar-refractivity contribution is -0.0312. The number of morpholine rings is 1. The van der Waals surface area contributed by atoms with Gasteiger partial charge >= 0.3 is 0 Å². The van der Waals surface area contributed by atoms with Crippen LogP contribution in [0, 0.1) is 11.8 Å². The monoisotopic (exact) mass is 220 g/mol. The van der Waals surface area contributed by atoms with Crippen LogP contribution in [-0.4, -0.2) is 45.9 Å². The van der Waals surface area contributed by atoms with E-state index in [1.54, 1.807) is 6.33 Å². The van der Waals surface area contributed by atoms with Gasteiger partial charge < -0.3 is 9.30 Å². The van der Waals surface area contributed by atoms with Crippen LogP contribution in [0.5, 0.6) is 0 Å². The van der Waals surface area contributed by atoms with Crippen molar-refractivity contribution in [1.82, 2.24) is 19.7 Å². The first-order valence-electron chi connectivity index (χ1n) is 5.38. The van der Waals surface area contributed by atoms with Crippen LogP contribution >= 0.6 is 0 Å². The molecule has 1 saturated heterocycles. The van der Waals surface area contributed by atoms with Crippen LogP contribution in [0.4, 0.5) is 0 Å². The molecule has 1 fully saturated rings. The van der Waals surface area contributed by atoms with E-state index in [1.807, 2.05) is 18.5 Å². The number of aromatic nitrogens is 3. The maximum Gasteiger partial charge on any atom is 0.163 e. The molecule has 0 aliphatic carbocycles. The SMILES string of the molecule is CC#CCN1CCO[C@@H](c2nncn2C)C1. The van der Waals surface area contributed by atoms with Gasteiger partial charge in [0.05, 0.1) is 13.2 Å². The van der Waals surface area contributed by atoms with Crippen LogP contribution in [0.25, 0.3) is 0 Å². The number of aryl methyl sites for hydroxylation is 1. The van der Waals surface area contributed by atoms with Crippen LogP contribution in [0.15, 0.2) is 6.33 Å². The van der Waals surface area contributed by atoms with Gasteiger partial charge in [-0.3, -0.25) is 4.90 Å². The minimum atomic E-state index is 0.0138. The van der Waals surface area contributed by atoms with Gasteiger partial charge in [0, 0.05) is 20.1 Å². The Hall–Kier alpha value is -1.38. The highest BCUT2D eigenvalue weighted by atomic mass is 16.5. The predicted molar refractivity (Wildman–Crippen MR) is 59.6 cm³/mol. The van der Waals surface area contributed by atoms with Gasteiger partial charge in [-0.1, -0.05) is 5.92 Å².